The van der Waals surface area contributed by atoms with Crippen molar-refractivity contribution in [3.8, 4) is 0 Å². The van der Waals surface area contributed by atoms with Gasteiger partial charge in [-0.1, -0.05) is 30.3 Å². The van der Waals surface area contributed by atoms with Gasteiger partial charge in [0, 0.05) is 17.6 Å². The molecule has 0 aliphatic carbocycles. The first-order valence-corrected chi connectivity index (χ1v) is 6.49. The fourth-order valence-electron chi connectivity index (χ4n) is 2.28. The van der Waals surface area contributed by atoms with Gasteiger partial charge < -0.3 is 10.6 Å². The first-order chi connectivity index (χ1) is 9.01. The largest absolute Gasteiger partial charge is 0.349 e. The Kier molecular flexibility index (Phi) is 5.89. The van der Waals surface area contributed by atoms with Gasteiger partial charge in [0.15, 0.2) is 0 Å². The number of carbonyl (C=O) groups excluding carboxylic acids is 1. The second-order valence-electron chi connectivity index (χ2n) is 4.91. The van der Waals surface area contributed by atoms with Gasteiger partial charge in [-0.15, -0.1) is 12.4 Å². The van der Waals surface area contributed by atoms with Crippen LogP contribution in [0.15, 0.2) is 30.3 Å². The molecule has 2 atom stereocenters. The number of hydrogen-bond donors (Lipinski definition) is 2. The van der Waals surface area contributed by atoms with Crippen LogP contribution in [0, 0.1) is 0 Å². The molecule has 0 radical (unpaired) electrons. The van der Waals surface area contributed by atoms with Gasteiger partial charge >= 0.3 is 5.92 Å². The van der Waals surface area contributed by atoms with Gasteiger partial charge in [0.25, 0.3) is 5.91 Å². The second kappa shape index (κ2) is 6.99. The summed E-state index contributed by atoms with van der Waals surface area (Å²) in [7, 11) is 0. The summed E-state index contributed by atoms with van der Waals surface area (Å²) in [5, 5.41) is 5.62. The summed E-state index contributed by atoms with van der Waals surface area (Å²) in [6.07, 6.45) is 1.61. The maximum atomic E-state index is 14.0. The van der Waals surface area contributed by atoms with E-state index in [1.165, 1.54) is 24.3 Å². The molecule has 3 nitrogen and oxygen atoms in total. The highest BCUT2D eigenvalue weighted by Crippen LogP contribution is 2.28. The van der Waals surface area contributed by atoms with Crippen molar-refractivity contribution in [2.45, 2.75) is 37.8 Å². The Balaban J connectivity index is 0.00000200. The Hall–Kier alpha value is -1.20. The maximum Gasteiger partial charge on any atom is 0.349 e. The van der Waals surface area contributed by atoms with Crippen molar-refractivity contribution in [3.05, 3.63) is 35.9 Å². The minimum absolute atomic E-state index is 0. The molecule has 1 aromatic carbocycles. The molecule has 112 valence electrons. The van der Waals surface area contributed by atoms with Crippen molar-refractivity contribution in [2.75, 3.05) is 6.54 Å². The standard InChI is InChI=1S/C14H18F2N2O.ClH/c1-10-12(8-5-9-17-10)18-13(19)14(15,16)11-6-3-2-4-7-11;/h2-4,6-7,10,12,17H,5,8-9H2,1H3,(H,18,19);1H. The Labute approximate surface area is 123 Å². The number of halogens is 3. The first kappa shape index (κ1) is 16.9. The zero-order valence-electron chi connectivity index (χ0n) is 11.2. The van der Waals surface area contributed by atoms with E-state index < -0.39 is 11.8 Å². The minimum Gasteiger partial charge on any atom is -0.346 e. The second-order valence-corrected chi connectivity index (χ2v) is 4.91. The van der Waals surface area contributed by atoms with Crippen LogP contribution in [0.1, 0.15) is 25.3 Å². The highest BCUT2D eigenvalue weighted by atomic mass is 35.5. The molecule has 0 saturated carbocycles. The van der Waals surface area contributed by atoms with Crippen LogP contribution in [0.4, 0.5) is 8.78 Å². The molecule has 1 fully saturated rings. The number of hydrogen-bond acceptors (Lipinski definition) is 2. The lowest BCUT2D eigenvalue weighted by atomic mass is 9.99. The SMILES string of the molecule is CC1NCCCC1NC(=O)C(F)(F)c1ccccc1.Cl. The molecule has 2 N–H and O–H groups in total. The predicted octanol–water partition coefficient (Wildman–Crippen LogP) is 2.46. The molecule has 0 aromatic heterocycles. The molecule has 2 unspecified atom stereocenters. The zero-order valence-corrected chi connectivity index (χ0v) is 12.1. The van der Waals surface area contributed by atoms with Gasteiger partial charge in [-0.2, -0.15) is 8.78 Å². The highest BCUT2D eigenvalue weighted by Gasteiger charge is 2.42. The molecule has 0 bridgehead atoms. The molecule has 1 aromatic rings. The van der Waals surface area contributed by atoms with Crippen molar-refractivity contribution in [1.29, 1.82) is 0 Å². The van der Waals surface area contributed by atoms with Crippen molar-refractivity contribution in [3.63, 3.8) is 0 Å². The normalized spacial score (nSPS) is 22.8. The first-order valence-electron chi connectivity index (χ1n) is 6.49. The van der Waals surface area contributed by atoms with Gasteiger partial charge in [-0.25, -0.2) is 0 Å². The molecular weight excluding hydrogens is 286 g/mol. The van der Waals surface area contributed by atoms with E-state index in [0.29, 0.717) is 0 Å². The smallest absolute Gasteiger partial charge is 0.346 e. The molecule has 1 aliphatic rings. The molecule has 6 heteroatoms. The van der Waals surface area contributed by atoms with E-state index >= 15 is 0 Å². The zero-order chi connectivity index (χ0) is 13.9. The van der Waals surface area contributed by atoms with E-state index in [1.54, 1.807) is 6.07 Å². The Morgan fingerprint density at radius 1 is 1.35 bits per heavy atom. The van der Waals surface area contributed by atoms with Gasteiger partial charge in [0.2, 0.25) is 0 Å². The summed E-state index contributed by atoms with van der Waals surface area (Å²) >= 11 is 0. The van der Waals surface area contributed by atoms with Gasteiger partial charge in [0.1, 0.15) is 0 Å². The van der Waals surface area contributed by atoms with Crippen LogP contribution in [0.3, 0.4) is 0 Å². The fourth-order valence-corrected chi connectivity index (χ4v) is 2.28. The number of rotatable bonds is 3. The van der Waals surface area contributed by atoms with Crippen LogP contribution >= 0.6 is 12.4 Å². The highest BCUT2D eigenvalue weighted by molar-refractivity contribution is 5.85. The van der Waals surface area contributed by atoms with Crippen molar-refractivity contribution in [1.82, 2.24) is 10.6 Å². The van der Waals surface area contributed by atoms with Crippen molar-refractivity contribution < 1.29 is 13.6 Å². The van der Waals surface area contributed by atoms with Crippen molar-refractivity contribution in [2.24, 2.45) is 0 Å². The number of piperidine rings is 1. The Morgan fingerprint density at radius 3 is 2.60 bits per heavy atom. The van der Waals surface area contributed by atoms with Gasteiger partial charge in [-0.3, -0.25) is 4.79 Å². The topological polar surface area (TPSA) is 41.1 Å². The summed E-state index contributed by atoms with van der Waals surface area (Å²) in [5.74, 6) is -4.71. The average Bonchev–Trinajstić information content (AvgIpc) is 2.42. The summed E-state index contributed by atoms with van der Waals surface area (Å²) in [4.78, 5) is 11.8. The van der Waals surface area contributed by atoms with E-state index in [-0.39, 0.29) is 30.1 Å². The lowest BCUT2D eigenvalue weighted by Gasteiger charge is -2.31. The van der Waals surface area contributed by atoms with Gasteiger partial charge in [0.05, 0.1) is 0 Å². The monoisotopic (exact) mass is 304 g/mol. The Bertz CT molecular complexity index is 442. The third-order valence-corrected chi connectivity index (χ3v) is 3.50. The number of carbonyl (C=O) groups is 1. The van der Waals surface area contributed by atoms with Crippen LogP contribution in [-0.2, 0) is 10.7 Å². The predicted molar refractivity (Wildman–Crippen MR) is 76.2 cm³/mol. The number of alkyl halides is 2. The lowest BCUT2D eigenvalue weighted by Crippen LogP contribution is -2.54. The molecule has 0 spiro atoms. The van der Waals surface area contributed by atoms with Crippen LogP contribution in [0.25, 0.3) is 0 Å². The number of nitrogens with one attached hydrogen (secondary N) is 2. The molecular formula is C14H19ClF2N2O. The molecule has 1 saturated heterocycles. The molecule has 20 heavy (non-hydrogen) atoms. The van der Waals surface area contributed by atoms with E-state index in [0.717, 1.165) is 19.4 Å². The third-order valence-electron chi connectivity index (χ3n) is 3.50. The molecule has 1 amide bonds. The average molecular weight is 305 g/mol. The van der Waals surface area contributed by atoms with Crippen molar-refractivity contribution >= 4 is 18.3 Å². The fraction of sp³-hybridized carbons (Fsp3) is 0.500. The summed E-state index contributed by atoms with van der Waals surface area (Å²) in [6, 6.07) is 6.96. The minimum atomic E-state index is -3.49. The van der Waals surface area contributed by atoms with Crippen LogP contribution in [0.5, 0.6) is 0 Å². The number of amides is 1. The lowest BCUT2D eigenvalue weighted by molar-refractivity contribution is -0.148. The van der Waals surface area contributed by atoms with Crippen LogP contribution in [-0.4, -0.2) is 24.5 Å². The molecule has 1 heterocycles. The van der Waals surface area contributed by atoms with E-state index in [4.69, 9.17) is 0 Å². The van der Waals surface area contributed by atoms with Gasteiger partial charge in [-0.05, 0) is 26.3 Å². The molecule has 2 rings (SSSR count). The number of benzene rings is 1. The summed E-state index contributed by atoms with van der Waals surface area (Å²) < 4.78 is 28.0. The quantitative estimate of drug-likeness (QED) is 0.900. The summed E-state index contributed by atoms with van der Waals surface area (Å²) in [5.41, 5.74) is -0.274. The summed E-state index contributed by atoms with van der Waals surface area (Å²) in [6.45, 7) is 2.76. The van der Waals surface area contributed by atoms with Crippen LogP contribution in [0.2, 0.25) is 0 Å². The third kappa shape index (κ3) is 3.67. The molecule has 1 aliphatic heterocycles. The van der Waals surface area contributed by atoms with E-state index in [2.05, 4.69) is 10.6 Å². The van der Waals surface area contributed by atoms with E-state index in [9.17, 15) is 13.6 Å². The Morgan fingerprint density at radius 2 is 2.00 bits per heavy atom. The maximum absolute atomic E-state index is 14.0. The van der Waals surface area contributed by atoms with Crippen LogP contribution < -0.4 is 10.6 Å². The van der Waals surface area contributed by atoms with E-state index in [1.807, 2.05) is 6.92 Å².